The minimum Gasteiger partial charge on any atom is -0.383 e. The monoisotopic (exact) mass is 203 g/mol. The fraction of sp³-hybridized carbons (Fsp3) is 1.00. The van der Waals surface area contributed by atoms with E-state index in [0.717, 1.165) is 13.0 Å². The normalized spacial score (nSPS) is 17.8. The summed E-state index contributed by atoms with van der Waals surface area (Å²) in [4.78, 5) is 0. The molecule has 0 aromatic heterocycles. The summed E-state index contributed by atoms with van der Waals surface area (Å²) in [7, 11) is 3.49. The lowest BCUT2D eigenvalue weighted by Crippen LogP contribution is -2.45. The zero-order chi connectivity index (χ0) is 11.0. The van der Waals surface area contributed by atoms with E-state index in [-0.39, 0.29) is 6.10 Å². The molecule has 0 radical (unpaired) electrons. The van der Waals surface area contributed by atoms with Crippen LogP contribution in [0.5, 0.6) is 0 Å². The highest BCUT2D eigenvalue weighted by atomic mass is 16.5. The second-order valence-corrected chi connectivity index (χ2v) is 3.84. The Bertz CT molecular complexity index is 124. The number of nitrogens with one attached hydrogen (secondary N) is 1. The number of hydrogen-bond acceptors (Lipinski definition) is 3. The fourth-order valence-corrected chi connectivity index (χ4v) is 1.48. The standard InChI is InChI=1S/C11H25NO2/c1-6-7-11(8-13-4)12-9(2)10(3)14-5/h9-12H,6-8H2,1-5H3. The molecule has 0 aliphatic carbocycles. The Hall–Kier alpha value is -0.120. The predicted molar refractivity (Wildman–Crippen MR) is 59.6 cm³/mol. The maximum absolute atomic E-state index is 5.27. The molecular weight excluding hydrogens is 178 g/mol. The summed E-state index contributed by atoms with van der Waals surface area (Å²) in [6, 6.07) is 0.810. The maximum atomic E-state index is 5.27. The van der Waals surface area contributed by atoms with Gasteiger partial charge in [0.25, 0.3) is 0 Å². The van der Waals surface area contributed by atoms with Crippen LogP contribution in [0.4, 0.5) is 0 Å². The van der Waals surface area contributed by atoms with Crippen LogP contribution in [0.15, 0.2) is 0 Å². The van der Waals surface area contributed by atoms with Crippen molar-refractivity contribution in [2.24, 2.45) is 0 Å². The SMILES string of the molecule is CCCC(COC)NC(C)C(C)OC. The summed E-state index contributed by atoms with van der Waals surface area (Å²) >= 11 is 0. The molecular formula is C11H25NO2. The van der Waals surface area contributed by atoms with Crippen molar-refractivity contribution in [2.75, 3.05) is 20.8 Å². The predicted octanol–water partition coefficient (Wildman–Crippen LogP) is 1.81. The molecule has 14 heavy (non-hydrogen) atoms. The Kier molecular flexibility index (Phi) is 8.14. The van der Waals surface area contributed by atoms with E-state index in [1.165, 1.54) is 6.42 Å². The molecule has 0 saturated heterocycles. The van der Waals surface area contributed by atoms with Crippen LogP contribution in [-0.4, -0.2) is 39.0 Å². The van der Waals surface area contributed by atoms with Gasteiger partial charge in [0.1, 0.15) is 0 Å². The van der Waals surface area contributed by atoms with E-state index in [2.05, 4.69) is 26.1 Å². The Labute approximate surface area is 88.2 Å². The van der Waals surface area contributed by atoms with Gasteiger partial charge >= 0.3 is 0 Å². The molecule has 0 bridgehead atoms. The summed E-state index contributed by atoms with van der Waals surface area (Å²) in [5.74, 6) is 0. The van der Waals surface area contributed by atoms with Crippen LogP contribution in [0.2, 0.25) is 0 Å². The van der Waals surface area contributed by atoms with Crippen LogP contribution in [0, 0.1) is 0 Å². The van der Waals surface area contributed by atoms with E-state index in [9.17, 15) is 0 Å². The first-order valence-electron chi connectivity index (χ1n) is 5.43. The lowest BCUT2D eigenvalue weighted by molar-refractivity contribution is 0.0744. The van der Waals surface area contributed by atoms with Crippen molar-refractivity contribution >= 4 is 0 Å². The fourth-order valence-electron chi connectivity index (χ4n) is 1.48. The van der Waals surface area contributed by atoms with Gasteiger partial charge in [0.2, 0.25) is 0 Å². The van der Waals surface area contributed by atoms with Gasteiger partial charge < -0.3 is 14.8 Å². The zero-order valence-electron chi connectivity index (χ0n) is 10.2. The topological polar surface area (TPSA) is 30.5 Å². The van der Waals surface area contributed by atoms with Gasteiger partial charge in [-0.15, -0.1) is 0 Å². The van der Waals surface area contributed by atoms with Crippen LogP contribution in [0.3, 0.4) is 0 Å². The molecule has 0 saturated carbocycles. The lowest BCUT2D eigenvalue weighted by Gasteiger charge is -2.26. The molecule has 0 amide bonds. The third kappa shape index (κ3) is 5.58. The third-order valence-corrected chi connectivity index (χ3v) is 2.58. The molecule has 3 unspecified atom stereocenters. The van der Waals surface area contributed by atoms with E-state index in [4.69, 9.17) is 9.47 Å². The van der Waals surface area contributed by atoms with E-state index < -0.39 is 0 Å². The molecule has 0 aliphatic heterocycles. The van der Waals surface area contributed by atoms with Crippen molar-refractivity contribution in [1.29, 1.82) is 0 Å². The molecule has 0 aromatic rings. The number of methoxy groups -OCH3 is 2. The molecule has 0 spiro atoms. The highest BCUT2D eigenvalue weighted by Gasteiger charge is 2.15. The summed E-state index contributed by atoms with van der Waals surface area (Å²) in [6.07, 6.45) is 2.57. The smallest absolute Gasteiger partial charge is 0.0693 e. The van der Waals surface area contributed by atoms with Crippen LogP contribution < -0.4 is 5.32 Å². The first-order chi connectivity index (χ1) is 6.65. The molecule has 3 nitrogen and oxygen atoms in total. The molecule has 0 heterocycles. The minimum absolute atomic E-state index is 0.242. The lowest BCUT2D eigenvalue weighted by atomic mass is 10.1. The second-order valence-electron chi connectivity index (χ2n) is 3.84. The average Bonchev–Trinajstić information content (AvgIpc) is 2.17. The Morgan fingerprint density at radius 1 is 1.21 bits per heavy atom. The molecule has 86 valence electrons. The van der Waals surface area contributed by atoms with Gasteiger partial charge in [-0.25, -0.2) is 0 Å². The van der Waals surface area contributed by atoms with Crippen molar-refractivity contribution in [2.45, 2.75) is 51.8 Å². The van der Waals surface area contributed by atoms with Crippen LogP contribution >= 0.6 is 0 Å². The Morgan fingerprint density at radius 2 is 1.86 bits per heavy atom. The maximum Gasteiger partial charge on any atom is 0.0693 e. The van der Waals surface area contributed by atoms with Crippen molar-refractivity contribution in [3.63, 3.8) is 0 Å². The number of rotatable bonds is 8. The molecule has 0 aliphatic rings. The highest BCUT2D eigenvalue weighted by Crippen LogP contribution is 2.03. The summed E-state index contributed by atoms with van der Waals surface area (Å²) in [5.41, 5.74) is 0. The van der Waals surface area contributed by atoms with E-state index in [0.29, 0.717) is 12.1 Å². The summed E-state index contributed by atoms with van der Waals surface area (Å²) in [6.45, 7) is 7.18. The Morgan fingerprint density at radius 3 is 2.29 bits per heavy atom. The first-order valence-corrected chi connectivity index (χ1v) is 5.43. The van der Waals surface area contributed by atoms with E-state index in [1.807, 2.05) is 0 Å². The van der Waals surface area contributed by atoms with Gasteiger partial charge in [0, 0.05) is 26.3 Å². The highest BCUT2D eigenvalue weighted by molar-refractivity contribution is 4.74. The number of ether oxygens (including phenoxy) is 2. The van der Waals surface area contributed by atoms with Crippen LogP contribution in [0.1, 0.15) is 33.6 Å². The average molecular weight is 203 g/mol. The van der Waals surface area contributed by atoms with Gasteiger partial charge in [-0.2, -0.15) is 0 Å². The van der Waals surface area contributed by atoms with Gasteiger partial charge in [0.15, 0.2) is 0 Å². The summed E-state index contributed by atoms with van der Waals surface area (Å²) in [5, 5.41) is 3.52. The first kappa shape index (κ1) is 13.9. The largest absolute Gasteiger partial charge is 0.383 e. The molecule has 0 fully saturated rings. The van der Waals surface area contributed by atoms with Crippen molar-refractivity contribution in [3.8, 4) is 0 Å². The number of hydrogen-bond donors (Lipinski definition) is 1. The quantitative estimate of drug-likeness (QED) is 0.652. The molecule has 3 atom stereocenters. The van der Waals surface area contributed by atoms with Crippen LogP contribution in [0.25, 0.3) is 0 Å². The molecule has 0 rings (SSSR count). The summed E-state index contributed by atoms with van der Waals surface area (Å²) < 4.78 is 10.4. The van der Waals surface area contributed by atoms with Gasteiger partial charge in [0.05, 0.1) is 12.7 Å². The van der Waals surface area contributed by atoms with Crippen LogP contribution in [-0.2, 0) is 9.47 Å². The molecule has 0 aromatic carbocycles. The Balaban J connectivity index is 3.87. The third-order valence-electron chi connectivity index (χ3n) is 2.58. The minimum atomic E-state index is 0.242. The van der Waals surface area contributed by atoms with Gasteiger partial charge in [-0.05, 0) is 20.3 Å². The molecule has 3 heteroatoms. The van der Waals surface area contributed by atoms with Crippen molar-refractivity contribution in [3.05, 3.63) is 0 Å². The van der Waals surface area contributed by atoms with Gasteiger partial charge in [-0.3, -0.25) is 0 Å². The molecule has 1 N–H and O–H groups in total. The van der Waals surface area contributed by atoms with Crippen molar-refractivity contribution in [1.82, 2.24) is 5.32 Å². The zero-order valence-corrected chi connectivity index (χ0v) is 10.2. The second kappa shape index (κ2) is 8.21. The van der Waals surface area contributed by atoms with Gasteiger partial charge in [-0.1, -0.05) is 13.3 Å². The van der Waals surface area contributed by atoms with Crippen molar-refractivity contribution < 1.29 is 9.47 Å². The van der Waals surface area contributed by atoms with E-state index in [1.54, 1.807) is 14.2 Å². The van der Waals surface area contributed by atoms with E-state index >= 15 is 0 Å².